The molecular weight excluding hydrogens is 334 g/mol. The smallest absolute Gasteiger partial charge is 0.266 e. The molecule has 25 heavy (non-hydrogen) atoms. The lowest BCUT2D eigenvalue weighted by atomic mass is 10.1. The van der Waals surface area contributed by atoms with Crippen LogP contribution >= 0.6 is 11.3 Å². The van der Waals surface area contributed by atoms with Gasteiger partial charge >= 0.3 is 0 Å². The molecule has 1 aromatic carbocycles. The molecule has 2 aliphatic heterocycles. The van der Waals surface area contributed by atoms with Gasteiger partial charge in [0.1, 0.15) is 4.88 Å². The Morgan fingerprint density at radius 1 is 1.00 bits per heavy atom. The molecule has 0 saturated carbocycles. The van der Waals surface area contributed by atoms with Gasteiger partial charge in [-0.05, 0) is 19.3 Å². The number of aromatic nitrogens is 1. The van der Waals surface area contributed by atoms with Gasteiger partial charge in [-0.3, -0.25) is 4.79 Å². The first-order chi connectivity index (χ1) is 12.3. The maximum absolute atomic E-state index is 13.1. The predicted molar refractivity (Wildman–Crippen MR) is 100 cm³/mol. The van der Waals surface area contributed by atoms with Crippen LogP contribution in [0.3, 0.4) is 0 Å². The number of piperidine rings is 1. The number of hydrogen-bond donors (Lipinski definition) is 0. The number of benzene rings is 1. The fraction of sp³-hybridized carbons (Fsp3) is 0.474. The highest BCUT2D eigenvalue weighted by atomic mass is 32.1. The monoisotopic (exact) mass is 357 g/mol. The molecule has 1 aromatic heterocycles. The lowest BCUT2D eigenvalue weighted by molar-refractivity contribution is 0.0306. The van der Waals surface area contributed by atoms with Gasteiger partial charge in [-0.1, -0.05) is 41.7 Å². The molecule has 5 nitrogen and oxygen atoms in total. The van der Waals surface area contributed by atoms with Crippen molar-refractivity contribution in [3.63, 3.8) is 0 Å². The van der Waals surface area contributed by atoms with Gasteiger partial charge in [0.15, 0.2) is 5.13 Å². The van der Waals surface area contributed by atoms with E-state index >= 15 is 0 Å². The number of nitrogens with zero attached hydrogens (tertiary/aromatic N) is 3. The Balaban J connectivity index is 1.69. The molecule has 2 saturated heterocycles. The molecule has 2 aliphatic rings. The third kappa shape index (κ3) is 3.55. The Hall–Kier alpha value is -1.92. The Bertz CT molecular complexity index is 720. The van der Waals surface area contributed by atoms with Crippen molar-refractivity contribution in [2.45, 2.75) is 19.3 Å². The summed E-state index contributed by atoms with van der Waals surface area (Å²) in [6, 6.07) is 10.1. The van der Waals surface area contributed by atoms with Crippen molar-refractivity contribution in [1.82, 2.24) is 9.88 Å². The molecule has 2 aromatic rings. The van der Waals surface area contributed by atoms with Crippen LogP contribution in [0.1, 0.15) is 28.9 Å². The molecule has 132 valence electrons. The van der Waals surface area contributed by atoms with Crippen LogP contribution < -0.4 is 4.90 Å². The SMILES string of the molecule is O=C(c1sc(N2CCCCC2)nc1-c1ccccc1)N1CCOCC1. The largest absolute Gasteiger partial charge is 0.378 e. The van der Waals surface area contributed by atoms with Crippen LogP contribution in [0.4, 0.5) is 5.13 Å². The molecule has 1 amide bonds. The highest BCUT2D eigenvalue weighted by molar-refractivity contribution is 7.18. The third-order valence-electron chi connectivity index (χ3n) is 4.78. The topological polar surface area (TPSA) is 45.7 Å². The van der Waals surface area contributed by atoms with Crippen molar-refractivity contribution < 1.29 is 9.53 Å². The Kier molecular flexibility index (Phi) is 4.99. The molecule has 4 rings (SSSR count). The van der Waals surface area contributed by atoms with Crippen LogP contribution in [0, 0.1) is 0 Å². The Labute approximate surface area is 152 Å². The number of anilines is 1. The molecule has 6 heteroatoms. The molecule has 0 bridgehead atoms. The summed E-state index contributed by atoms with van der Waals surface area (Å²) < 4.78 is 5.39. The van der Waals surface area contributed by atoms with E-state index in [-0.39, 0.29) is 5.91 Å². The van der Waals surface area contributed by atoms with Crippen LogP contribution in [0.25, 0.3) is 11.3 Å². The van der Waals surface area contributed by atoms with Gasteiger partial charge in [0, 0.05) is 31.7 Å². The van der Waals surface area contributed by atoms with E-state index in [1.165, 1.54) is 19.3 Å². The second-order valence-electron chi connectivity index (χ2n) is 6.49. The van der Waals surface area contributed by atoms with Crippen molar-refractivity contribution in [3.8, 4) is 11.3 Å². The first-order valence-electron chi connectivity index (χ1n) is 9.01. The van der Waals surface area contributed by atoms with Gasteiger partial charge in [0.2, 0.25) is 0 Å². The number of rotatable bonds is 3. The number of carbonyl (C=O) groups excluding carboxylic acids is 1. The van der Waals surface area contributed by atoms with Crippen LogP contribution in [0.5, 0.6) is 0 Å². The zero-order chi connectivity index (χ0) is 17.1. The number of amides is 1. The predicted octanol–water partition coefficient (Wildman–Crippen LogP) is 3.27. The van der Waals surface area contributed by atoms with Gasteiger partial charge in [-0.15, -0.1) is 0 Å². The fourth-order valence-corrected chi connectivity index (χ4v) is 4.48. The minimum atomic E-state index is 0.0860. The molecule has 0 radical (unpaired) electrons. The van der Waals surface area contributed by atoms with Crippen molar-refractivity contribution in [3.05, 3.63) is 35.2 Å². The lowest BCUT2D eigenvalue weighted by Gasteiger charge is -2.27. The average molecular weight is 357 g/mol. The number of ether oxygens (including phenoxy) is 1. The maximum atomic E-state index is 13.1. The maximum Gasteiger partial charge on any atom is 0.266 e. The fourth-order valence-electron chi connectivity index (χ4n) is 3.38. The van der Waals surface area contributed by atoms with Crippen LogP contribution in [0.2, 0.25) is 0 Å². The van der Waals surface area contributed by atoms with Crippen molar-refractivity contribution in [2.24, 2.45) is 0 Å². The number of carbonyl (C=O) groups is 1. The zero-order valence-corrected chi connectivity index (χ0v) is 15.1. The van der Waals surface area contributed by atoms with E-state index < -0.39 is 0 Å². The van der Waals surface area contributed by atoms with E-state index in [0.717, 1.165) is 34.4 Å². The molecule has 2 fully saturated rings. The van der Waals surface area contributed by atoms with E-state index in [1.807, 2.05) is 35.2 Å². The third-order valence-corrected chi connectivity index (χ3v) is 5.89. The first kappa shape index (κ1) is 16.5. The molecule has 3 heterocycles. The molecule has 0 atom stereocenters. The van der Waals surface area contributed by atoms with E-state index in [9.17, 15) is 4.79 Å². The Morgan fingerprint density at radius 3 is 2.44 bits per heavy atom. The standard InChI is InChI=1S/C19H23N3O2S/c23-18(21-11-13-24-14-12-21)17-16(15-7-3-1-4-8-15)20-19(25-17)22-9-5-2-6-10-22/h1,3-4,7-8H,2,5-6,9-14H2. The minimum Gasteiger partial charge on any atom is -0.378 e. The summed E-state index contributed by atoms with van der Waals surface area (Å²) in [5.41, 5.74) is 1.83. The molecule has 0 unspecified atom stereocenters. The highest BCUT2D eigenvalue weighted by Gasteiger charge is 2.27. The van der Waals surface area contributed by atoms with Gasteiger partial charge in [-0.25, -0.2) is 4.98 Å². The molecule has 0 aliphatic carbocycles. The van der Waals surface area contributed by atoms with Gasteiger partial charge in [0.25, 0.3) is 5.91 Å². The summed E-state index contributed by atoms with van der Waals surface area (Å²) in [6.45, 7) is 4.61. The number of hydrogen-bond acceptors (Lipinski definition) is 5. The Morgan fingerprint density at radius 2 is 1.72 bits per heavy atom. The quantitative estimate of drug-likeness (QED) is 0.846. The number of morpholine rings is 1. The van der Waals surface area contributed by atoms with Crippen LogP contribution in [0.15, 0.2) is 30.3 Å². The van der Waals surface area contributed by atoms with Gasteiger partial charge in [0.05, 0.1) is 18.9 Å². The van der Waals surface area contributed by atoms with Crippen molar-refractivity contribution >= 4 is 22.4 Å². The second-order valence-corrected chi connectivity index (χ2v) is 7.47. The summed E-state index contributed by atoms with van der Waals surface area (Å²) in [7, 11) is 0. The average Bonchev–Trinajstić information content (AvgIpc) is 3.15. The van der Waals surface area contributed by atoms with E-state index in [4.69, 9.17) is 9.72 Å². The minimum absolute atomic E-state index is 0.0860. The van der Waals surface area contributed by atoms with Crippen LogP contribution in [-0.2, 0) is 4.74 Å². The zero-order valence-electron chi connectivity index (χ0n) is 14.3. The van der Waals surface area contributed by atoms with E-state index in [2.05, 4.69) is 4.90 Å². The molecule has 0 N–H and O–H groups in total. The lowest BCUT2D eigenvalue weighted by Crippen LogP contribution is -2.40. The summed E-state index contributed by atoms with van der Waals surface area (Å²) >= 11 is 1.55. The van der Waals surface area contributed by atoms with Crippen molar-refractivity contribution in [2.75, 3.05) is 44.3 Å². The van der Waals surface area contributed by atoms with Crippen molar-refractivity contribution in [1.29, 1.82) is 0 Å². The van der Waals surface area contributed by atoms with Gasteiger partial charge < -0.3 is 14.5 Å². The second kappa shape index (κ2) is 7.54. The van der Waals surface area contributed by atoms with Crippen LogP contribution in [-0.4, -0.2) is 55.2 Å². The highest BCUT2D eigenvalue weighted by Crippen LogP contribution is 2.35. The summed E-state index contributed by atoms with van der Waals surface area (Å²) in [5.74, 6) is 0.0860. The molecule has 0 spiro atoms. The summed E-state index contributed by atoms with van der Waals surface area (Å²) in [5, 5.41) is 0.982. The normalized spacial score (nSPS) is 18.4. The first-order valence-corrected chi connectivity index (χ1v) is 9.83. The summed E-state index contributed by atoms with van der Waals surface area (Å²) in [4.78, 5) is 23.0. The number of thiazole rings is 1. The molecular formula is C19H23N3O2S. The van der Waals surface area contributed by atoms with Gasteiger partial charge in [-0.2, -0.15) is 0 Å². The van der Waals surface area contributed by atoms with E-state index in [0.29, 0.717) is 26.3 Å². The van der Waals surface area contributed by atoms with E-state index in [1.54, 1.807) is 11.3 Å². The summed E-state index contributed by atoms with van der Waals surface area (Å²) in [6.07, 6.45) is 3.69.